The van der Waals surface area contributed by atoms with Gasteiger partial charge < -0.3 is 15.5 Å². The monoisotopic (exact) mass is 206 g/mol. The number of anilines is 1. The summed E-state index contributed by atoms with van der Waals surface area (Å²) in [6.07, 6.45) is 1.65. The molecule has 0 spiro atoms. The van der Waals surface area contributed by atoms with Crippen molar-refractivity contribution in [2.75, 3.05) is 25.9 Å². The van der Waals surface area contributed by atoms with E-state index >= 15 is 0 Å². The Morgan fingerprint density at radius 1 is 1.53 bits per heavy atom. The molecule has 2 amide bonds. The number of nitrogens with zero attached hydrogens (tertiary/aromatic N) is 3. The van der Waals surface area contributed by atoms with Crippen LogP contribution in [0.15, 0.2) is 18.3 Å². The number of likely N-dealkylation sites (N-methyl/N-ethyl adjacent to an activating group) is 1. The molecule has 1 aliphatic heterocycles. The van der Waals surface area contributed by atoms with Crippen LogP contribution in [0.25, 0.3) is 0 Å². The summed E-state index contributed by atoms with van der Waals surface area (Å²) in [5, 5.41) is 0. The van der Waals surface area contributed by atoms with Crippen LogP contribution in [0.5, 0.6) is 0 Å². The molecule has 0 bridgehead atoms. The topological polar surface area (TPSA) is 62.5 Å². The maximum Gasteiger partial charge on any atom is 0.320 e. The fourth-order valence-electron chi connectivity index (χ4n) is 1.64. The molecule has 1 saturated heterocycles. The average molecular weight is 206 g/mol. The van der Waals surface area contributed by atoms with E-state index < -0.39 is 0 Å². The van der Waals surface area contributed by atoms with E-state index in [1.54, 1.807) is 23.0 Å². The van der Waals surface area contributed by atoms with Gasteiger partial charge in [-0.15, -0.1) is 0 Å². The molecule has 1 aliphatic rings. The molecule has 1 aromatic rings. The SMILES string of the molecule is CN1CCN(Cc2cccnc2N)C1=O. The van der Waals surface area contributed by atoms with Crippen molar-refractivity contribution in [3.05, 3.63) is 23.9 Å². The Morgan fingerprint density at radius 3 is 2.93 bits per heavy atom. The van der Waals surface area contributed by atoms with E-state index in [-0.39, 0.29) is 6.03 Å². The normalized spacial score (nSPS) is 16.2. The van der Waals surface area contributed by atoms with Gasteiger partial charge in [-0.1, -0.05) is 6.07 Å². The number of carbonyl (C=O) groups is 1. The van der Waals surface area contributed by atoms with Crippen LogP contribution in [0.4, 0.5) is 10.6 Å². The summed E-state index contributed by atoms with van der Waals surface area (Å²) in [6.45, 7) is 2.07. The molecular weight excluding hydrogens is 192 g/mol. The molecule has 0 aromatic carbocycles. The number of nitrogens with two attached hydrogens (primary N) is 1. The highest BCUT2D eigenvalue weighted by Gasteiger charge is 2.25. The lowest BCUT2D eigenvalue weighted by molar-refractivity contribution is 0.197. The van der Waals surface area contributed by atoms with Gasteiger partial charge >= 0.3 is 6.03 Å². The van der Waals surface area contributed by atoms with E-state index in [4.69, 9.17) is 5.73 Å². The predicted molar refractivity (Wildman–Crippen MR) is 57.1 cm³/mol. The summed E-state index contributed by atoms with van der Waals surface area (Å²) < 4.78 is 0. The largest absolute Gasteiger partial charge is 0.383 e. The highest BCUT2D eigenvalue weighted by Crippen LogP contribution is 2.14. The molecule has 15 heavy (non-hydrogen) atoms. The fraction of sp³-hybridized carbons (Fsp3) is 0.400. The van der Waals surface area contributed by atoms with E-state index in [1.807, 2.05) is 12.1 Å². The van der Waals surface area contributed by atoms with Crippen molar-refractivity contribution in [3.8, 4) is 0 Å². The number of carbonyl (C=O) groups excluding carboxylic acids is 1. The molecule has 2 heterocycles. The Labute approximate surface area is 88.5 Å². The van der Waals surface area contributed by atoms with Crippen LogP contribution in [0.3, 0.4) is 0 Å². The zero-order chi connectivity index (χ0) is 10.8. The number of urea groups is 1. The number of amides is 2. The lowest BCUT2D eigenvalue weighted by Gasteiger charge is -2.16. The molecule has 1 fully saturated rings. The number of pyridine rings is 1. The highest BCUT2D eigenvalue weighted by molar-refractivity contribution is 5.76. The number of hydrogen-bond acceptors (Lipinski definition) is 3. The van der Waals surface area contributed by atoms with E-state index in [0.29, 0.717) is 12.4 Å². The van der Waals surface area contributed by atoms with Crippen molar-refractivity contribution in [1.82, 2.24) is 14.8 Å². The van der Waals surface area contributed by atoms with Crippen molar-refractivity contribution >= 4 is 11.8 Å². The van der Waals surface area contributed by atoms with E-state index in [1.165, 1.54) is 0 Å². The van der Waals surface area contributed by atoms with E-state index in [0.717, 1.165) is 18.7 Å². The van der Waals surface area contributed by atoms with Crippen molar-refractivity contribution in [2.24, 2.45) is 0 Å². The smallest absolute Gasteiger partial charge is 0.320 e. The van der Waals surface area contributed by atoms with Gasteiger partial charge in [-0.05, 0) is 6.07 Å². The molecule has 0 atom stereocenters. The maximum atomic E-state index is 11.6. The third-order valence-electron chi connectivity index (χ3n) is 2.59. The summed E-state index contributed by atoms with van der Waals surface area (Å²) >= 11 is 0. The van der Waals surface area contributed by atoms with Crippen molar-refractivity contribution < 1.29 is 4.79 Å². The van der Waals surface area contributed by atoms with Gasteiger partial charge in [0.1, 0.15) is 5.82 Å². The molecule has 2 N–H and O–H groups in total. The first-order valence-corrected chi connectivity index (χ1v) is 4.88. The Balaban J connectivity index is 2.10. The Bertz CT molecular complexity index is 379. The second-order valence-electron chi connectivity index (χ2n) is 3.67. The minimum atomic E-state index is 0.0539. The summed E-state index contributed by atoms with van der Waals surface area (Å²) in [5.41, 5.74) is 6.62. The second-order valence-corrected chi connectivity index (χ2v) is 3.67. The van der Waals surface area contributed by atoms with Crippen molar-refractivity contribution in [2.45, 2.75) is 6.54 Å². The Hall–Kier alpha value is -1.78. The van der Waals surface area contributed by atoms with Crippen molar-refractivity contribution in [1.29, 1.82) is 0 Å². The number of hydrogen-bond donors (Lipinski definition) is 1. The Morgan fingerprint density at radius 2 is 2.33 bits per heavy atom. The van der Waals surface area contributed by atoms with E-state index in [9.17, 15) is 4.79 Å². The van der Waals surface area contributed by atoms with Crippen LogP contribution in [0.1, 0.15) is 5.56 Å². The minimum absolute atomic E-state index is 0.0539. The third kappa shape index (κ3) is 1.86. The first-order chi connectivity index (χ1) is 7.18. The first kappa shape index (κ1) is 9.76. The molecule has 5 heteroatoms. The molecule has 80 valence electrons. The highest BCUT2D eigenvalue weighted by atomic mass is 16.2. The molecule has 0 saturated carbocycles. The zero-order valence-corrected chi connectivity index (χ0v) is 8.68. The molecular formula is C10H14N4O. The molecule has 5 nitrogen and oxygen atoms in total. The number of nitrogen functional groups attached to an aromatic ring is 1. The van der Waals surface area contributed by atoms with Crippen LogP contribution >= 0.6 is 0 Å². The Kier molecular flexibility index (Phi) is 2.45. The molecule has 0 unspecified atom stereocenters. The minimum Gasteiger partial charge on any atom is -0.383 e. The zero-order valence-electron chi connectivity index (χ0n) is 8.68. The van der Waals surface area contributed by atoms with Gasteiger partial charge in [-0.3, -0.25) is 0 Å². The van der Waals surface area contributed by atoms with E-state index in [2.05, 4.69) is 4.98 Å². The first-order valence-electron chi connectivity index (χ1n) is 4.88. The average Bonchev–Trinajstić information content (AvgIpc) is 2.53. The number of rotatable bonds is 2. The maximum absolute atomic E-state index is 11.6. The fourth-order valence-corrected chi connectivity index (χ4v) is 1.64. The van der Waals surface area contributed by atoms with Gasteiger partial charge in [0, 0.05) is 31.9 Å². The summed E-state index contributed by atoms with van der Waals surface area (Å²) in [7, 11) is 1.80. The summed E-state index contributed by atoms with van der Waals surface area (Å²) in [4.78, 5) is 19.1. The van der Waals surface area contributed by atoms with Crippen LogP contribution in [0, 0.1) is 0 Å². The van der Waals surface area contributed by atoms with Gasteiger partial charge in [-0.25, -0.2) is 9.78 Å². The lowest BCUT2D eigenvalue weighted by atomic mass is 10.2. The van der Waals surface area contributed by atoms with Gasteiger partial charge in [-0.2, -0.15) is 0 Å². The third-order valence-corrected chi connectivity index (χ3v) is 2.59. The number of aromatic nitrogens is 1. The molecule has 0 aliphatic carbocycles. The molecule has 0 radical (unpaired) electrons. The molecule has 2 rings (SSSR count). The van der Waals surface area contributed by atoms with Gasteiger partial charge in [0.2, 0.25) is 0 Å². The van der Waals surface area contributed by atoms with Crippen LogP contribution in [-0.4, -0.2) is 41.0 Å². The standard InChI is InChI=1S/C10H14N4O/c1-13-5-6-14(10(13)15)7-8-3-2-4-12-9(8)11/h2-4H,5-7H2,1H3,(H2,11,12). The second kappa shape index (κ2) is 3.76. The van der Waals surface area contributed by atoms with Crippen LogP contribution in [0.2, 0.25) is 0 Å². The van der Waals surface area contributed by atoms with Crippen LogP contribution in [-0.2, 0) is 6.54 Å². The van der Waals surface area contributed by atoms with Gasteiger partial charge in [0.25, 0.3) is 0 Å². The van der Waals surface area contributed by atoms with Gasteiger partial charge in [0.15, 0.2) is 0 Å². The van der Waals surface area contributed by atoms with Crippen molar-refractivity contribution in [3.63, 3.8) is 0 Å². The lowest BCUT2D eigenvalue weighted by Crippen LogP contribution is -2.29. The van der Waals surface area contributed by atoms with Crippen LogP contribution < -0.4 is 5.73 Å². The summed E-state index contributed by atoms with van der Waals surface area (Å²) in [6, 6.07) is 3.78. The summed E-state index contributed by atoms with van der Waals surface area (Å²) in [5.74, 6) is 0.500. The predicted octanol–water partition coefficient (Wildman–Crippen LogP) is 0.531. The van der Waals surface area contributed by atoms with Gasteiger partial charge in [0.05, 0.1) is 6.54 Å². The quantitative estimate of drug-likeness (QED) is 0.767. The molecule has 1 aromatic heterocycles.